The maximum Gasteiger partial charge on any atom is 0.195 e. The fraction of sp³-hybridized carbons (Fsp3) is 0.533. The van der Waals surface area contributed by atoms with Crippen LogP contribution < -0.4 is 20.1 Å². The molecule has 0 atom stereocenters. The normalized spacial score (nSPS) is 10.6. The number of ether oxygens (including phenoxy) is 2. The van der Waals surface area contributed by atoms with E-state index < -0.39 is 0 Å². The first-order valence-corrected chi connectivity index (χ1v) is 7.02. The van der Waals surface area contributed by atoms with E-state index in [4.69, 9.17) is 9.47 Å². The summed E-state index contributed by atoms with van der Waals surface area (Å²) in [5, 5.41) is 6.49. The number of unbranched alkanes of at least 4 members (excludes halogenated alkanes) is 1. The number of aliphatic imine (C=N–C) groups is 1. The van der Waals surface area contributed by atoms with Gasteiger partial charge in [-0.1, -0.05) is 13.3 Å². The van der Waals surface area contributed by atoms with Gasteiger partial charge in [0.25, 0.3) is 0 Å². The van der Waals surface area contributed by atoms with Crippen LogP contribution in [-0.4, -0.2) is 33.3 Å². The van der Waals surface area contributed by atoms with Crippen LogP contribution >= 0.6 is 24.0 Å². The Labute approximate surface area is 144 Å². The van der Waals surface area contributed by atoms with Crippen LogP contribution in [0.1, 0.15) is 26.7 Å². The summed E-state index contributed by atoms with van der Waals surface area (Å²) in [4.78, 5) is 4.52. The third kappa shape index (κ3) is 6.88. The molecule has 1 rings (SSSR count). The Morgan fingerprint density at radius 2 is 1.86 bits per heavy atom. The largest absolute Gasteiger partial charge is 0.493 e. The second-order valence-electron chi connectivity index (χ2n) is 4.31. The fourth-order valence-electron chi connectivity index (χ4n) is 1.71. The average molecular weight is 407 g/mol. The quantitative estimate of drug-likeness (QED) is 0.315. The van der Waals surface area contributed by atoms with Crippen molar-refractivity contribution in [3.63, 3.8) is 0 Å². The first-order chi connectivity index (χ1) is 9.74. The molecule has 0 saturated carbocycles. The molecule has 2 N–H and O–H groups in total. The molecule has 0 radical (unpaired) electrons. The van der Waals surface area contributed by atoms with Crippen molar-refractivity contribution in [3.05, 3.63) is 18.2 Å². The van der Waals surface area contributed by atoms with Gasteiger partial charge in [0, 0.05) is 24.8 Å². The molecule has 6 heteroatoms. The van der Waals surface area contributed by atoms with Crippen LogP contribution in [0.15, 0.2) is 23.2 Å². The molecule has 0 heterocycles. The third-order valence-electron chi connectivity index (χ3n) is 2.77. The summed E-state index contributed by atoms with van der Waals surface area (Å²) in [7, 11) is 3.25. The number of anilines is 1. The van der Waals surface area contributed by atoms with E-state index in [2.05, 4.69) is 22.5 Å². The molecule has 0 saturated heterocycles. The Morgan fingerprint density at radius 3 is 2.43 bits per heavy atom. The Kier molecular flexibility index (Phi) is 10.8. The standard InChI is InChI=1S/C15H25N3O2.HI/c1-5-7-10-17-15(16-6-2)18-12-8-9-13(19-3)14(11-12)20-4;/h8-9,11H,5-7,10H2,1-4H3,(H2,16,17,18);1H. The van der Waals surface area contributed by atoms with Gasteiger partial charge in [-0.2, -0.15) is 0 Å². The van der Waals surface area contributed by atoms with Crippen molar-refractivity contribution in [1.82, 2.24) is 5.32 Å². The zero-order chi connectivity index (χ0) is 14.8. The zero-order valence-electron chi connectivity index (χ0n) is 13.2. The highest BCUT2D eigenvalue weighted by Crippen LogP contribution is 2.29. The van der Waals surface area contributed by atoms with Crippen molar-refractivity contribution in [3.8, 4) is 11.5 Å². The zero-order valence-corrected chi connectivity index (χ0v) is 15.6. The van der Waals surface area contributed by atoms with Crippen LogP contribution in [0.3, 0.4) is 0 Å². The summed E-state index contributed by atoms with van der Waals surface area (Å²) in [6.45, 7) is 5.85. The van der Waals surface area contributed by atoms with Gasteiger partial charge in [-0.15, -0.1) is 24.0 Å². The lowest BCUT2D eigenvalue weighted by molar-refractivity contribution is 0.355. The summed E-state index contributed by atoms with van der Waals surface area (Å²) >= 11 is 0. The minimum Gasteiger partial charge on any atom is -0.493 e. The Hall–Kier alpha value is -1.18. The molecule has 0 aliphatic heterocycles. The summed E-state index contributed by atoms with van der Waals surface area (Å²) in [6, 6.07) is 5.70. The average Bonchev–Trinajstić information content (AvgIpc) is 2.47. The Morgan fingerprint density at radius 1 is 1.14 bits per heavy atom. The molecule has 1 aromatic carbocycles. The minimum atomic E-state index is 0. The predicted molar refractivity (Wildman–Crippen MR) is 99.5 cm³/mol. The maximum atomic E-state index is 5.29. The minimum absolute atomic E-state index is 0. The number of benzene rings is 1. The van der Waals surface area contributed by atoms with E-state index in [1.54, 1.807) is 14.2 Å². The van der Waals surface area contributed by atoms with Gasteiger partial charge >= 0.3 is 0 Å². The molecule has 120 valence electrons. The number of rotatable bonds is 7. The van der Waals surface area contributed by atoms with Gasteiger partial charge in [0.2, 0.25) is 0 Å². The van der Waals surface area contributed by atoms with E-state index in [0.29, 0.717) is 11.5 Å². The van der Waals surface area contributed by atoms with Gasteiger partial charge < -0.3 is 20.1 Å². The molecular weight excluding hydrogens is 381 g/mol. The molecule has 0 spiro atoms. The van der Waals surface area contributed by atoms with Gasteiger partial charge in [0.15, 0.2) is 17.5 Å². The number of halogens is 1. The first kappa shape index (κ1) is 19.8. The second kappa shape index (κ2) is 11.5. The molecule has 0 amide bonds. The van der Waals surface area contributed by atoms with Crippen molar-refractivity contribution in [1.29, 1.82) is 0 Å². The molecule has 0 aliphatic carbocycles. The number of hydrogen-bond donors (Lipinski definition) is 2. The number of guanidine groups is 1. The second-order valence-corrected chi connectivity index (χ2v) is 4.31. The highest BCUT2D eigenvalue weighted by Gasteiger charge is 2.05. The topological polar surface area (TPSA) is 54.9 Å². The summed E-state index contributed by atoms with van der Waals surface area (Å²) in [5.41, 5.74) is 0.916. The third-order valence-corrected chi connectivity index (χ3v) is 2.77. The molecule has 0 fully saturated rings. The Balaban J connectivity index is 0.00000400. The van der Waals surface area contributed by atoms with E-state index in [1.165, 1.54) is 0 Å². The van der Waals surface area contributed by atoms with Crippen molar-refractivity contribution in [2.45, 2.75) is 26.7 Å². The van der Waals surface area contributed by atoms with Gasteiger partial charge in [0.1, 0.15) is 0 Å². The lowest BCUT2D eigenvalue weighted by atomic mass is 10.2. The first-order valence-electron chi connectivity index (χ1n) is 7.02. The molecule has 1 aromatic rings. The lowest BCUT2D eigenvalue weighted by Crippen LogP contribution is -2.30. The number of nitrogens with zero attached hydrogens (tertiary/aromatic N) is 1. The monoisotopic (exact) mass is 407 g/mol. The summed E-state index contributed by atoms with van der Waals surface area (Å²) in [5.74, 6) is 2.20. The molecule has 0 aliphatic rings. The summed E-state index contributed by atoms with van der Waals surface area (Å²) < 4.78 is 10.5. The van der Waals surface area contributed by atoms with E-state index >= 15 is 0 Å². The number of nitrogens with one attached hydrogen (secondary N) is 2. The summed E-state index contributed by atoms with van der Waals surface area (Å²) in [6.07, 6.45) is 2.22. The van der Waals surface area contributed by atoms with E-state index in [-0.39, 0.29) is 24.0 Å². The van der Waals surface area contributed by atoms with Gasteiger partial charge in [-0.25, -0.2) is 0 Å². The van der Waals surface area contributed by atoms with Crippen molar-refractivity contribution < 1.29 is 9.47 Å². The van der Waals surface area contributed by atoms with Crippen LogP contribution in [0.4, 0.5) is 5.69 Å². The number of hydrogen-bond acceptors (Lipinski definition) is 3. The van der Waals surface area contributed by atoms with Crippen LogP contribution in [0, 0.1) is 0 Å². The van der Waals surface area contributed by atoms with Crippen LogP contribution in [-0.2, 0) is 0 Å². The lowest BCUT2D eigenvalue weighted by Gasteiger charge is -2.13. The van der Waals surface area contributed by atoms with Crippen molar-refractivity contribution in [2.24, 2.45) is 4.99 Å². The highest BCUT2D eigenvalue weighted by atomic mass is 127. The smallest absolute Gasteiger partial charge is 0.195 e. The highest BCUT2D eigenvalue weighted by molar-refractivity contribution is 14.0. The Bertz CT molecular complexity index is 439. The number of methoxy groups -OCH3 is 2. The van der Waals surface area contributed by atoms with Gasteiger partial charge in [-0.3, -0.25) is 4.99 Å². The molecule has 5 nitrogen and oxygen atoms in total. The maximum absolute atomic E-state index is 5.29. The van der Waals surface area contributed by atoms with E-state index in [9.17, 15) is 0 Å². The predicted octanol–water partition coefficient (Wildman–Crippen LogP) is 3.50. The van der Waals surface area contributed by atoms with E-state index in [1.807, 2.05) is 25.1 Å². The molecule has 0 unspecified atom stereocenters. The molecular formula is C15H26IN3O2. The van der Waals surface area contributed by atoms with Gasteiger partial charge in [0.05, 0.1) is 14.2 Å². The van der Waals surface area contributed by atoms with E-state index in [0.717, 1.165) is 37.6 Å². The van der Waals surface area contributed by atoms with Crippen LogP contribution in [0.25, 0.3) is 0 Å². The molecule has 21 heavy (non-hydrogen) atoms. The molecule has 0 bridgehead atoms. The fourth-order valence-corrected chi connectivity index (χ4v) is 1.71. The van der Waals surface area contributed by atoms with Crippen LogP contribution in [0.2, 0.25) is 0 Å². The van der Waals surface area contributed by atoms with Crippen LogP contribution in [0.5, 0.6) is 11.5 Å². The van der Waals surface area contributed by atoms with Crippen molar-refractivity contribution in [2.75, 3.05) is 32.6 Å². The van der Waals surface area contributed by atoms with Gasteiger partial charge in [-0.05, 0) is 25.5 Å². The van der Waals surface area contributed by atoms with Crippen molar-refractivity contribution >= 4 is 35.6 Å². The molecule has 0 aromatic heterocycles. The SMILES string of the molecule is CCCCN=C(NCC)Nc1ccc(OC)c(OC)c1.I.